The van der Waals surface area contributed by atoms with E-state index in [9.17, 15) is 4.79 Å². The number of ether oxygens (including phenoxy) is 1. The third-order valence-corrected chi connectivity index (χ3v) is 8.26. The van der Waals surface area contributed by atoms with E-state index in [1.807, 2.05) is 30.0 Å². The van der Waals surface area contributed by atoms with E-state index in [0.717, 1.165) is 54.9 Å². The molecule has 1 fully saturated rings. The van der Waals surface area contributed by atoms with Gasteiger partial charge in [0.15, 0.2) is 0 Å². The summed E-state index contributed by atoms with van der Waals surface area (Å²) < 4.78 is 5.33. The van der Waals surface area contributed by atoms with Gasteiger partial charge >= 0.3 is 6.01 Å². The predicted molar refractivity (Wildman–Crippen MR) is 150 cm³/mol. The Balaban J connectivity index is 1.52. The fourth-order valence-electron chi connectivity index (χ4n) is 4.36. The van der Waals surface area contributed by atoms with Gasteiger partial charge in [0.05, 0.1) is 17.6 Å². The first-order valence-electron chi connectivity index (χ1n) is 11.9. The van der Waals surface area contributed by atoms with Gasteiger partial charge < -0.3 is 19.7 Å². The standard InChI is InChI=1S/C27H30Cl2N4O2S/c1-27(18-33(11-4-13-34)12-14-36-27)21-6-3-5-20(15-21)24-17-25(32-26(31-24)35-2)30-10-9-19-7-8-22(28)16-23(19)29/h3,5-8,13,15-17H,4,9-12,14,18H2,1-2H3,(H,30,31,32). The molecule has 1 atom stereocenters. The summed E-state index contributed by atoms with van der Waals surface area (Å²) >= 11 is 14.3. The quantitative estimate of drug-likeness (QED) is 0.315. The molecule has 0 amide bonds. The molecule has 190 valence electrons. The number of anilines is 1. The molecule has 0 spiro atoms. The summed E-state index contributed by atoms with van der Waals surface area (Å²) in [6, 6.07) is 16.3. The number of hydrogen-bond acceptors (Lipinski definition) is 7. The number of nitrogens with one attached hydrogen (secondary N) is 1. The summed E-state index contributed by atoms with van der Waals surface area (Å²) in [5.41, 5.74) is 4.05. The Bertz CT molecular complexity index is 1210. The van der Waals surface area contributed by atoms with Crippen molar-refractivity contribution in [1.82, 2.24) is 14.9 Å². The lowest BCUT2D eigenvalue weighted by Gasteiger charge is -2.40. The largest absolute Gasteiger partial charge is 0.467 e. The molecule has 3 aromatic rings. The van der Waals surface area contributed by atoms with Crippen molar-refractivity contribution in [1.29, 1.82) is 0 Å². The molecule has 6 nitrogen and oxygen atoms in total. The van der Waals surface area contributed by atoms with E-state index in [-0.39, 0.29) is 4.75 Å². The monoisotopic (exact) mass is 544 g/mol. The summed E-state index contributed by atoms with van der Waals surface area (Å²) in [5, 5.41) is 4.65. The summed E-state index contributed by atoms with van der Waals surface area (Å²) in [4.78, 5) is 22.3. The summed E-state index contributed by atoms with van der Waals surface area (Å²) in [7, 11) is 1.57. The van der Waals surface area contributed by atoms with E-state index < -0.39 is 0 Å². The second-order valence-corrected chi connectivity index (χ2v) is 11.4. The number of halogens is 2. The van der Waals surface area contributed by atoms with Crippen LogP contribution in [0.3, 0.4) is 0 Å². The van der Waals surface area contributed by atoms with Crippen molar-refractivity contribution in [3.05, 3.63) is 69.7 Å². The lowest BCUT2D eigenvalue weighted by molar-refractivity contribution is -0.108. The fraction of sp³-hybridized carbons (Fsp3) is 0.370. The fourth-order valence-corrected chi connectivity index (χ4v) is 6.23. The topological polar surface area (TPSA) is 67.3 Å². The highest BCUT2D eigenvalue weighted by molar-refractivity contribution is 8.00. The minimum Gasteiger partial charge on any atom is -0.467 e. The normalized spacial score (nSPS) is 18.1. The Kier molecular flexibility index (Phi) is 9.12. The van der Waals surface area contributed by atoms with E-state index in [1.54, 1.807) is 13.2 Å². The molecule has 2 aromatic carbocycles. The van der Waals surface area contributed by atoms with Gasteiger partial charge in [-0.1, -0.05) is 47.5 Å². The van der Waals surface area contributed by atoms with Crippen molar-refractivity contribution in [2.75, 3.05) is 44.4 Å². The minimum atomic E-state index is -0.0623. The van der Waals surface area contributed by atoms with Gasteiger partial charge in [-0.25, -0.2) is 0 Å². The van der Waals surface area contributed by atoms with Crippen LogP contribution in [0.4, 0.5) is 5.82 Å². The molecule has 1 unspecified atom stereocenters. The Morgan fingerprint density at radius 2 is 2.06 bits per heavy atom. The van der Waals surface area contributed by atoms with Gasteiger partial charge in [-0.3, -0.25) is 0 Å². The second kappa shape index (κ2) is 12.3. The average Bonchev–Trinajstić information content (AvgIpc) is 2.88. The molecule has 9 heteroatoms. The first-order valence-corrected chi connectivity index (χ1v) is 13.7. The zero-order chi connectivity index (χ0) is 25.5. The van der Waals surface area contributed by atoms with Crippen molar-refractivity contribution in [3.8, 4) is 17.3 Å². The number of carbonyl (C=O) groups is 1. The van der Waals surface area contributed by atoms with Gasteiger partial charge in [0, 0.05) is 60.0 Å². The molecular formula is C27H30Cl2N4O2S. The Morgan fingerprint density at radius 1 is 1.19 bits per heavy atom. The van der Waals surface area contributed by atoms with Crippen LogP contribution in [0.2, 0.25) is 10.0 Å². The van der Waals surface area contributed by atoms with Crippen LogP contribution >= 0.6 is 35.0 Å². The highest BCUT2D eigenvalue weighted by Crippen LogP contribution is 2.41. The Hall–Kier alpha value is -2.32. The number of rotatable bonds is 10. The second-order valence-electron chi connectivity index (χ2n) is 8.93. The lowest BCUT2D eigenvalue weighted by Crippen LogP contribution is -2.43. The van der Waals surface area contributed by atoms with Crippen molar-refractivity contribution in [2.24, 2.45) is 0 Å². The highest BCUT2D eigenvalue weighted by atomic mass is 35.5. The van der Waals surface area contributed by atoms with E-state index >= 15 is 0 Å². The number of carbonyl (C=O) groups excluding carboxylic acids is 1. The van der Waals surface area contributed by atoms with Crippen molar-refractivity contribution in [3.63, 3.8) is 0 Å². The highest BCUT2D eigenvalue weighted by Gasteiger charge is 2.33. The Labute approximate surface area is 226 Å². The molecule has 1 N–H and O–H groups in total. The van der Waals surface area contributed by atoms with Gasteiger partial charge in [0.1, 0.15) is 12.1 Å². The smallest absolute Gasteiger partial charge is 0.318 e. The number of aromatic nitrogens is 2. The molecule has 36 heavy (non-hydrogen) atoms. The van der Waals surface area contributed by atoms with E-state index in [2.05, 4.69) is 51.4 Å². The molecule has 2 heterocycles. The van der Waals surface area contributed by atoms with Crippen molar-refractivity contribution in [2.45, 2.75) is 24.5 Å². The van der Waals surface area contributed by atoms with E-state index in [1.165, 1.54) is 5.56 Å². The maximum atomic E-state index is 10.9. The molecule has 1 aliphatic heterocycles. The summed E-state index contributed by atoms with van der Waals surface area (Å²) in [5.74, 6) is 1.72. The van der Waals surface area contributed by atoms with Crippen LogP contribution in [0.1, 0.15) is 24.5 Å². The third-order valence-electron chi connectivity index (χ3n) is 6.29. The first kappa shape index (κ1) is 26.7. The molecule has 0 radical (unpaired) electrons. The van der Waals surface area contributed by atoms with Crippen LogP contribution in [0, 0.1) is 0 Å². The van der Waals surface area contributed by atoms with E-state index in [4.69, 9.17) is 27.9 Å². The first-order chi connectivity index (χ1) is 17.4. The van der Waals surface area contributed by atoms with Gasteiger partial charge in [0.2, 0.25) is 0 Å². The number of thioether (sulfide) groups is 1. The third kappa shape index (κ3) is 6.71. The van der Waals surface area contributed by atoms with Crippen LogP contribution in [-0.4, -0.2) is 60.2 Å². The van der Waals surface area contributed by atoms with Crippen LogP contribution in [0.25, 0.3) is 11.3 Å². The Morgan fingerprint density at radius 3 is 2.83 bits per heavy atom. The van der Waals surface area contributed by atoms with E-state index in [0.29, 0.717) is 34.8 Å². The number of nitrogens with zero attached hydrogens (tertiary/aromatic N) is 3. The maximum Gasteiger partial charge on any atom is 0.318 e. The minimum absolute atomic E-state index is 0.0623. The van der Waals surface area contributed by atoms with Crippen molar-refractivity contribution < 1.29 is 9.53 Å². The van der Waals surface area contributed by atoms with Gasteiger partial charge in [0.25, 0.3) is 0 Å². The zero-order valence-electron chi connectivity index (χ0n) is 20.5. The molecule has 0 saturated carbocycles. The average molecular weight is 546 g/mol. The molecule has 1 saturated heterocycles. The molecule has 0 aliphatic carbocycles. The molecule has 1 aliphatic rings. The van der Waals surface area contributed by atoms with Crippen LogP contribution in [0.5, 0.6) is 6.01 Å². The summed E-state index contributed by atoms with van der Waals surface area (Å²) in [6.45, 7) is 5.64. The number of hydrogen-bond donors (Lipinski definition) is 1. The number of methoxy groups -OCH3 is 1. The lowest BCUT2D eigenvalue weighted by atomic mass is 9.96. The SMILES string of the molecule is COc1nc(NCCc2ccc(Cl)cc2Cl)cc(-c2cccc(C3(C)CN(CCC=O)CCS3)c2)n1. The molecular weight excluding hydrogens is 515 g/mol. The van der Waals surface area contributed by atoms with Gasteiger partial charge in [-0.15, -0.1) is 11.8 Å². The maximum absolute atomic E-state index is 10.9. The van der Waals surface area contributed by atoms with Gasteiger partial charge in [-0.05, 0) is 42.7 Å². The van der Waals surface area contributed by atoms with Crippen molar-refractivity contribution >= 4 is 47.1 Å². The molecule has 1 aromatic heterocycles. The van der Waals surface area contributed by atoms with Crippen LogP contribution in [-0.2, 0) is 16.0 Å². The van der Waals surface area contributed by atoms with Crippen LogP contribution in [0.15, 0.2) is 48.5 Å². The van der Waals surface area contributed by atoms with Gasteiger partial charge in [-0.2, -0.15) is 9.97 Å². The molecule has 4 rings (SSSR count). The number of aldehydes is 1. The zero-order valence-corrected chi connectivity index (χ0v) is 22.8. The summed E-state index contributed by atoms with van der Waals surface area (Å²) in [6.07, 6.45) is 2.29. The predicted octanol–water partition coefficient (Wildman–Crippen LogP) is 5.97. The number of benzene rings is 2. The van der Waals surface area contributed by atoms with Crippen LogP contribution < -0.4 is 10.1 Å². The molecule has 0 bridgehead atoms.